The molecule has 0 aliphatic rings. The van der Waals surface area contributed by atoms with Crippen molar-refractivity contribution in [3.8, 4) is 0 Å². The Balaban J connectivity index is 1.66. The van der Waals surface area contributed by atoms with Crippen molar-refractivity contribution >= 4 is 45.6 Å². The molecule has 3 amide bonds. The number of ether oxygens (including phenoxy) is 1. The van der Waals surface area contributed by atoms with Gasteiger partial charge in [-0.3, -0.25) is 14.5 Å². The molecular formula is C23H22FN3O4S. The van der Waals surface area contributed by atoms with Gasteiger partial charge in [-0.15, -0.1) is 11.3 Å². The normalized spacial score (nSPS) is 10.4. The van der Waals surface area contributed by atoms with Crippen molar-refractivity contribution in [3.05, 3.63) is 76.4 Å². The first-order valence-electron chi connectivity index (χ1n) is 9.77. The lowest BCUT2D eigenvalue weighted by atomic mass is 10.2. The van der Waals surface area contributed by atoms with Gasteiger partial charge in [0.05, 0.1) is 16.5 Å². The number of rotatable bonds is 6. The van der Waals surface area contributed by atoms with E-state index in [1.807, 2.05) is 0 Å². The fraction of sp³-hybridized carbons (Fsp3) is 0.174. The summed E-state index contributed by atoms with van der Waals surface area (Å²) in [7, 11) is 1.60. The van der Waals surface area contributed by atoms with Crippen molar-refractivity contribution in [3.63, 3.8) is 0 Å². The molecule has 3 rings (SSSR count). The molecule has 0 fully saturated rings. The van der Waals surface area contributed by atoms with E-state index in [0.29, 0.717) is 26.8 Å². The van der Waals surface area contributed by atoms with Gasteiger partial charge in [0, 0.05) is 24.0 Å². The Labute approximate surface area is 188 Å². The zero-order valence-corrected chi connectivity index (χ0v) is 18.6. The maximum atomic E-state index is 13.3. The van der Waals surface area contributed by atoms with Crippen LogP contribution in [0.4, 0.5) is 25.6 Å². The largest absolute Gasteiger partial charge is 0.449 e. The highest BCUT2D eigenvalue weighted by Gasteiger charge is 2.17. The van der Waals surface area contributed by atoms with Crippen molar-refractivity contribution in [2.24, 2.45) is 0 Å². The van der Waals surface area contributed by atoms with Crippen molar-refractivity contribution in [2.75, 3.05) is 29.2 Å². The topological polar surface area (TPSA) is 87.7 Å². The molecule has 9 heteroatoms. The number of aryl methyl sites for hydroxylation is 1. The molecule has 0 spiro atoms. The van der Waals surface area contributed by atoms with Gasteiger partial charge in [-0.1, -0.05) is 6.07 Å². The summed E-state index contributed by atoms with van der Waals surface area (Å²) in [6, 6.07) is 13.8. The molecule has 2 aromatic carbocycles. The van der Waals surface area contributed by atoms with E-state index < -0.39 is 17.8 Å². The minimum atomic E-state index is -0.500. The third-order valence-corrected chi connectivity index (χ3v) is 5.65. The zero-order valence-electron chi connectivity index (χ0n) is 17.8. The second-order valence-corrected chi connectivity index (χ2v) is 7.90. The van der Waals surface area contributed by atoms with E-state index in [9.17, 15) is 18.8 Å². The number of halogens is 1. The van der Waals surface area contributed by atoms with Crippen molar-refractivity contribution in [2.45, 2.75) is 13.8 Å². The molecule has 0 radical (unpaired) electrons. The number of carbonyl (C=O) groups is 3. The highest BCUT2D eigenvalue weighted by Crippen LogP contribution is 2.28. The van der Waals surface area contributed by atoms with Gasteiger partial charge in [0.2, 0.25) is 0 Å². The molecule has 0 unspecified atom stereocenters. The fourth-order valence-electron chi connectivity index (χ4n) is 2.86. The molecule has 0 saturated heterocycles. The molecule has 0 aliphatic heterocycles. The number of nitrogens with zero attached hydrogens (tertiary/aromatic N) is 1. The van der Waals surface area contributed by atoms with Gasteiger partial charge in [0.25, 0.3) is 11.8 Å². The Hall–Kier alpha value is -3.72. The molecule has 166 valence electrons. The van der Waals surface area contributed by atoms with E-state index in [1.54, 1.807) is 51.2 Å². The molecule has 0 aliphatic carbocycles. The van der Waals surface area contributed by atoms with Crippen LogP contribution >= 0.6 is 11.3 Å². The number of anilines is 3. The Bertz CT molecular complexity index is 1140. The fourth-order valence-corrected chi connectivity index (χ4v) is 3.83. The number of thiophene rings is 1. The molecule has 0 atom stereocenters. The highest BCUT2D eigenvalue weighted by atomic mass is 32.1. The first-order chi connectivity index (χ1) is 15.3. The van der Waals surface area contributed by atoms with E-state index in [4.69, 9.17) is 4.74 Å². The lowest BCUT2D eigenvalue weighted by Crippen LogP contribution is -2.26. The van der Waals surface area contributed by atoms with Gasteiger partial charge in [0.1, 0.15) is 5.82 Å². The molecule has 32 heavy (non-hydrogen) atoms. The van der Waals surface area contributed by atoms with Crippen molar-refractivity contribution in [1.82, 2.24) is 0 Å². The molecule has 7 nitrogen and oxygen atoms in total. The maximum Gasteiger partial charge on any atom is 0.413 e. The Morgan fingerprint density at radius 3 is 2.41 bits per heavy atom. The van der Waals surface area contributed by atoms with Gasteiger partial charge in [-0.2, -0.15) is 0 Å². The number of carbonyl (C=O) groups excluding carboxylic acids is 3. The van der Waals surface area contributed by atoms with E-state index in [1.165, 1.54) is 23.1 Å². The van der Waals surface area contributed by atoms with Crippen LogP contribution in [0.25, 0.3) is 0 Å². The first kappa shape index (κ1) is 23.0. The summed E-state index contributed by atoms with van der Waals surface area (Å²) in [5.41, 5.74) is 2.06. The Morgan fingerprint density at radius 1 is 1.03 bits per heavy atom. The summed E-state index contributed by atoms with van der Waals surface area (Å²) in [5.74, 6) is -1.29. The average Bonchev–Trinajstić information content (AvgIpc) is 3.14. The van der Waals surface area contributed by atoms with Crippen LogP contribution in [0.15, 0.2) is 54.6 Å². The molecule has 3 aromatic rings. The van der Waals surface area contributed by atoms with Gasteiger partial charge in [-0.05, 0) is 67.9 Å². The number of nitrogens with one attached hydrogen (secondary N) is 2. The lowest BCUT2D eigenvalue weighted by Gasteiger charge is -2.16. The molecular weight excluding hydrogens is 433 g/mol. The minimum Gasteiger partial charge on any atom is -0.449 e. The SMILES string of the molecule is CCOC(=O)N(C)c1ccc(NC(=O)c2sc(NC(=O)c3cccc(F)c3)cc2C)cc1. The highest BCUT2D eigenvalue weighted by molar-refractivity contribution is 7.18. The molecule has 1 aromatic heterocycles. The van der Waals surface area contributed by atoms with Crippen LogP contribution in [-0.4, -0.2) is 31.6 Å². The lowest BCUT2D eigenvalue weighted by molar-refractivity contribution is 0.101. The van der Waals surface area contributed by atoms with E-state index in [0.717, 1.165) is 17.4 Å². The average molecular weight is 456 g/mol. The monoisotopic (exact) mass is 455 g/mol. The maximum absolute atomic E-state index is 13.3. The predicted molar refractivity (Wildman–Crippen MR) is 123 cm³/mol. The van der Waals surface area contributed by atoms with Crippen LogP contribution in [0.5, 0.6) is 0 Å². The standard InChI is InChI=1S/C23H22FN3O4S/c1-4-31-23(30)27(3)18-10-8-17(9-11-18)25-22(29)20-14(2)12-19(32-20)26-21(28)15-6-5-7-16(24)13-15/h5-13H,4H2,1-3H3,(H,25,29)(H,26,28). The first-order valence-corrected chi connectivity index (χ1v) is 10.6. The van der Waals surface area contributed by atoms with Crippen LogP contribution in [0, 0.1) is 12.7 Å². The van der Waals surface area contributed by atoms with E-state index in [2.05, 4.69) is 10.6 Å². The second-order valence-electron chi connectivity index (χ2n) is 6.85. The van der Waals surface area contributed by atoms with E-state index >= 15 is 0 Å². The van der Waals surface area contributed by atoms with Crippen LogP contribution in [0.2, 0.25) is 0 Å². The minimum absolute atomic E-state index is 0.190. The summed E-state index contributed by atoms with van der Waals surface area (Å²) >= 11 is 1.12. The Morgan fingerprint density at radius 2 is 1.75 bits per heavy atom. The predicted octanol–water partition coefficient (Wildman–Crippen LogP) is 5.29. The number of amides is 3. The number of benzene rings is 2. The second kappa shape index (κ2) is 10.1. The van der Waals surface area contributed by atoms with Gasteiger partial charge < -0.3 is 15.4 Å². The number of hydrogen-bond acceptors (Lipinski definition) is 5. The summed E-state index contributed by atoms with van der Waals surface area (Å²) in [5, 5.41) is 5.97. The molecule has 0 saturated carbocycles. The third-order valence-electron chi connectivity index (χ3n) is 4.50. The summed E-state index contributed by atoms with van der Waals surface area (Å²) in [4.78, 5) is 38.6. The van der Waals surface area contributed by atoms with Crippen LogP contribution in [-0.2, 0) is 4.74 Å². The molecule has 2 N–H and O–H groups in total. The summed E-state index contributed by atoms with van der Waals surface area (Å²) in [6.45, 7) is 3.78. The van der Waals surface area contributed by atoms with Crippen LogP contribution in [0.1, 0.15) is 32.5 Å². The molecule has 1 heterocycles. The van der Waals surface area contributed by atoms with Crippen molar-refractivity contribution < 1.29 is 23.5 Å². The third kappa shape index (κ3) is 5.50. The number of hydrogen-bond donors (Lipinski definition) is 2. The van der Waals surface area contributed by atoms with Gasteiger partial charge in [0.15, 0.2) is 0 Å². The van der Waals surface area contributed by atoms with Crippen molar-refractivity contribution in [1.29, 1.82) is 0 Å². The van der Waals surface area contributed by atoms with Crippen LogP contribution in [0.3, 0.4) is 0 Å². The quantitative estimate of drug-likeness (QED) is 0.528. The zero-order chi connectivity index (χ0) is 23.3. The summed E-state index contributed by atoms with van der Waals surface area (Å²) in [6.07, 6.45) is -0.466. The van der Waals surface area contributed by atoms with Gasteiger partial charge in [-0.25, -0.2) is 9.18 Å². The van der Waals surface area contributed by atoms with Crippen LogP contribution < -0.4 is 15.5 Å². The summed E-state index contributed by atoms with van der Waals surface area (Å²) < 4.78 is 18.3. The van der Waals surface area contributed by atoms with Gasteiger partial charge >= 0.3 is 6.09 Å². The molecule has 0 bridgehead atoms. The smallest absolute Gasteiger partial charge is 0.413 e. The Kier molecular flexibility index (Phi) is 7.21. The van der Waals surface area contributed by atoms with E-state index in [-0.39, 0.29) is 18.1 Å².